The van der Waals surface area contributed by atoms with Gasteiger partial charge in [-0.2, -0.15) is 15.0 Å². The summed E-state index contributed by atoms with van der Waals surface area (Å²) >= 11 is 0. The minimum absolute atomic E-state index is 0.00830. The molecular weight excluding hydrogens is 406 g/mol. The van der Waals surface area contributed by atoms with Crippen LogP contribution in [-0.4, -0.2) is 52.4 Å². The molecule has 10 nitrogen and oxygen atoms in total. The zero-order valence-corrected chi connectivity index (χ0v) is 18.9. The number of aliphatic hydroxyl groups is 1. The summed E-state index contributed by atoms with van der Waals surface area (Å²) in [5.41, 5.74) is 8.26. The Hall–Kier alpha value is -2.53. The molecule has 0 aliphatic carbocycles. The highest BCUT2D eigenvalue weighted by Crippen LogP contribution is 2.22. The first kappa shape index (κ1) is 23.7. The molecule has 2 aromatic heterocycles. The summed E-state index contributed by atoms with van der Waals surface area (Å²) in [6.07, 6.45) is 3.92. The van der Waals surface area contributed by atoms with Gasteiger partial charge in [-0.05, 0) is 36.8 Å². The number of nitrogen functional groups attached to an aromatic ring is 1. The number of hydrogen-bond acceptors (Lipinski definition) is 9. The Morgan fingerprint density at radius 3 is 2.40 bits per heavy atom. The van der Waals surface area contributed by atoms with Crippen LogP contribution in [0.15, 0.2) is 12.3 Å². The molecule has 0 aliphatic heterocycles. The Labute approximate surface area is 177 Å². The SMILES string of the molecule is Cc1ncc(C(C)Cc2nc(NC(CO)CC(C)C)nc(NS(C)(=O)=O)n2)cc1N. The Bertz CT molecular complexity index is 967. The first-order chi connectivity index (χ1) is 14.0. The summed E-state index contributed by atoms with van der Waals surface area (Å²) in [6.45, 7) is 7.82. The van der Waals surface area contributed by atoms with E-state index in [1.54, 1.807) is 6.20 Å². The second-order valence-electron chi connectivity index (χ2n) is 7.97. The Morgan fingerprint density at radius 1 is 1.17 bits per heavy atom. The average molecular weight is 438 g/mol. The summed E-state index contributed by atoms with van der Waals surface area (Å²) < 4.78 is 25.6. The minimum atomic E-state index is -3.56. The highest BCUT2D eigenvalue weighted by molar-refractivity contribution is 7.91. The summed E-state index contributed by atoms with van der Waals surface area (Å²) in [5, 5.41) is 12.7. The third-order valence-electron chi connectivity index (χ3n) is 4.47. The van der Waals surface area contributed by atoms with E-state index in [4.69, 9.17) is 5.73 Å². The third kappa shape index (κ3) is 7.38. The molecule has 166 valence electrons. The molecule has 2 heterocycles. The number of anilines is 3. The van der Waals surface area contributed by atoms with Gasteiger partial charge in [0.15, 0.2) is 0 Å². The smallest absolute Gasteiger partial charge is 0.241 e. The Morgan fingerprint density at radius 2 is 1.83 bits per heavy atom. The first-order valence-electron chi connectivity index (χ1n) is 9.79. The lowest BCUT2D eigenvalue weighted by Crippen LogP contribution is -2.27. The molecule has 2 rings (SSSR count). The monoisotopic (exact) mass is 437 g/mol. The predicted molar refractivity (Wildman–Crippen MR) is 118 cm³/mol. The van der Waals surface area contributed by atoms with Crippen molar-refractivity contribution in [3.05, 3.63) is 29.3 Å². The number of pyridine rings is 1. The molecular formula is C19H31N7O3S. The van der Waals surface area contributed by atoms with Crippen LogP contribution in [0.1, 0.15) is 50.2 Å². The molecule has 2 atom stereocenters. The van der Waals surface area contributed by atoms with Crippen LogP contribution in [0.3, 0.4) is 0 Å². The van der Waals surface area contributed by atoms with Crippen LogP contribution in [0, 0.1) is 12.8 Å². The standard InChI is InChI=1S/C19H31N7O3S/c1-11(2)6-15(10-27)22-18-23-17(24-19(25-18)26-30(5,28)29)7-12(3)14-8-16(20)13(4)21-9-14/h8-9,11-12,15,27H,6-7,10,20H2,1-5H3,(H2,22,23,24,25,26). The van der Waals surface area contributed by atoms with E-state index in [0.29, 0.717) is 30.3 Å². The molecule has 0 saturated heterocycles. The van der Waals surface area contributed by atoms with Crippen molar-refractivity contribution in [1.82, 2.24) is 19.9 Å². The number of aromatic nitrogens is 4. The van der Waals surface area contributed by atoms with Crippen LogP contribution in [0.2, 0.25) is 0 Å². The molecule has 0 aliphatic rings. The highest BCUT2D eigenvalue weighted by atomic mass is 32.2. The van der Waals surface area contributed by atoms with Crippen molar-refractivity contribution in [2.75, 3.05) is 28.6 Å². The van der Waals surface area contributed by atoms with Gasteiger partial charge >= 0.3 is 0 Å². The second kappa shape index (κ2) is 9.98. The molecule has 5 N–H and O–H groups in total. The number of nitrogens with two attached hydrogens (primary N) is 1. The zero-order valence-electron chi connectivity index (χ0n) is 18.0. The molecule has 0 bridgehead atoms. The van der Waals surface area contributed by atoms with E-state index < -0.39 is 10.0 Å². The van der Waals surface area contributed by atoms with Gasteiger partial charge in [-0.3, -0.25) is 9.71 Å². The van der Waals surface area contributed by atoms with Gasteiger partial charge < -0.3 is 16.2 Å². The zero-order chi connectivity index (χ0) is 22.5. The average Bonchev–Trinajstić information content (AvgIpc) is 2.61. The lowest BCUT2D eigenvalue weighted by molar-refractivity contribution is 0.259. The predicted octanol–water partition coefficient (Wildman–Crippen LogP) is 1.69. The minimum Gasteiger partial charge on any atom is -0.397 e. The van der Waals surface area contributed by atoms with Crippen LogP contribution in [0.25, 0.3) is 0 Å². The quantitative estimate of drug-likeness (QED) is 0.434. The van der Waals surface area contributed by atoms with Crippen molar-refractivity contribution < 1.29 is 13.5 Å². The van der Waals surface area contributed by atoms with Gasteiger partial charge in [0, 0.05) is 12.6 Å². The van der Waals surface area contributed by atoms with Gasteiger partial charge in [0.25, 0.3) is 0 Å². The molecule has 0 spiro atoms. The van der Waals surface area contributed by atoms with Crippen molar-refractivity contribution in [3.63, 3.8) is 0 Å². The van der Waals surface area contributed by atoms with E-state index in [-0.39, 0.29) is 30.5 Å². The summed E-state index contributed by atoms with van der Waals surface area (Å²) in [4.78, 5) is 17.1. The molecule has 0 radical (unpaired) electrons. The third-order valence-corrected chi connectivity index (χ3v) is 5.03. The Kier molecular flexibility index (Phi) is 7.90. The van der Waals surface area contributed by atoms with E-state index >= 15 is 0 Å². The number of nitrogens with one attached hydrogen (secondary N) is 2. The largest absolute Gasteiger partial charge is 0.397 e. The van der Waals surface area contributed by atoms with Crippen molar-refractivity contribution in [2.24, 2.45) is 5.92 Å². The summed E-state index contributed by atoms with van der Waals surface area (Å²) in [7, 11) is -3.56. The summed E-state index contributed by atoms with van der Waals surface area (Å²) in [6, 6.07) is 1.61. The fraction of sp³-hybridized carbons (Fsp3) is 0.579. The Balaban J connectivity index is 2.31. The molecule has 0 aromatic carbocycles. The molecule has 0 fully saturated rings. The van der Waals surface area contributed by atoms with E-state index in [2.05, 4.69) is 30.0 Å². The van der Waals surface area contributed by atoms with E-state index in [1.165, 1.54) is 0 Å². The maximum Gasteiger partial charge on any atom is 0.241 e. The normalized spacial score (nSPS) is 13.8. The molecule has 11 heteroatoms. The number of nitrogens with zero attached hydrogens (tertiary/aromatic N) is 4. The lowest BCUT2D eigenvalue weighted by Gasteiger charge is -2.19. The van der Waals surface area contributed by atoms with Gasteiger partial charge in [0.2, 0.25) is 21.9 Å². The van der Waals surface area contributed by atoms with Crippen LogP contribution in [-0.2, 0) is 16.4 Å². The summed E-state index contributed by atoms with van der Waals surface area (Å²) in [5.74, 6) is 0.890. The van der Waals surface area contributed by atoms with Crippen LogP contribution >= 0.6 is 0 Å². The van der Waals surface area contributed by atoms with Gasteiger partial charge in [-0.25, -0.2) is 8.42 Å². The van der Waals surface area contributed by atoms with Crippen LogP contribution in [0.5, 0.6) is 0 Å². The van der Waals surface area contributed by atoms with Crippen molar-refractivity contribution >= 4 is 27.6 Å². The van der Waals surface area contributed by atoms with E-state index in [9.17, 15) is 13.5 Å². The number of sulfonamides is 1. The second-order valence-corrected chi connectivity index (χ2v) is 9.72. The van der Waals surface area contributed by atoms with Gasteiger partial charge in [-0.15, -0.1) is 0 Å². The number of aryl methyl sites for hydroxylation is 1. The lowest BCUT2D eigenvalue weighted by atomic mass is 9.98. The van der Waals surface area contributed by atoms with Crippen LogP contribution < -0.4 is 15.8 Å². The first-order valence-corrected chi connectivity index (χ1v) is 11.7. The van der Waals surface area contributed by atoms with E-state index in [1.807, 2.05) is 33.8 Å². The number of hydrogen-bond donors (Lipinski definition) is 4. The van der Waals surface area contributed by atoms with Gasteiger partial charge in [0.1, 0.15) is 5.82 Å². The van der Waals surface area contributed by atoms with Gasteiger partial charge in [0.05, 0.1) is 30.3 Å². The number of rotatable bonds is 10. The highest BCUT2D eigenvalue weighted by Gasteiger charge is 2.17. The van der Waals surface area contributed by atoms with Crippen LogP contribution in [0.4, 0.5) is 17.6 Å². The van der Waals surface area contributed by atoms with E-state index in [0.717, 1.165) is 17.5 Å². The topological polar surface area (TPSA) is 156 Å². The fourth-order valence-corrected chi connectivity index (χ4v) is 3.37. The molecule has 2 unspecified atom stereocenters. The molecule has 30 heavy (non-hydrogen) atoms. The van der Waals surface area contributed by atoms with Crippen molar-refractivity contribution in [2.45, 2.75) is 52.5 Å². The molecule has 0 saturated carbocycles. The fourth-order valence-electron chi connectivity index (χ4n) is 2.95. The number of aliphatic hydroxyl groups excluding tert-OH is 1. The van der Waals surface area contributed by atoms with Crippen molar-refractivity contribution in [3.8, 4) is 0 Å². The maximum absolute atomic E-state index is 11.7. The molecule has 0 amide bonds. The maximum atomic E-state index is 11.7. The van der Waals surface area contributed by atoms with Gasteiger partial charge in [-0.1, -0.05) is 20.8 Å². The molecule has 2 aromatic rings. The van der Waals surface area contributed by atoms with Crippen molar-refractivity contribution in [1.29, 1.82) is 0 Å².